The summed E-state index contributed by atoms with van der Waals surface area (Å²) in [5.41, 5.74) is 0.0500. The van der Waals surface area contributed by atoms with Gasteiger partial charge >= 0.3 is 0 Å². The third kappa shape index (κ3) is 2.75. The maximum absolute atomic E-state index is 13.3. The van der Waals surface area contributed by atoms with Crippen molar-refractivity contribution >= 4 is 0 Å². The number of hydrogen-bond donors (Lipinski definition) is 1. The molecule has 0 bridgehead atoms. The standard InChI is InChI=1S/C13H19F2NO/c1-5-16-13(3,12(14)15)10-8-9(2)6-7-11(10)17-4/h6-8,12,16H,5H2,1-4H3. The normalized spacial score (nSPS) is 14.8. The number of ether oxygens (including phenoxy) is 1. The molecule has 1 aromatic carbocycles. The summed E-state index contributed by atoms with van der Waals surface area (Å²) in [7, 11) is 1.49. The maximum Gasteiger partial charge on any atom is 0.260 e. The molecule has 0 aliphatic heterocycles. The molecule has 96 valence electrons. The molecule has 0 saturated carbocycles. The Hall–Kier alpha value is -1.16. The lowest BCUT2D eigenvalue weighted by atomic mass is 9.90. The smallest absolute Gasteiger partial charge is 0.260 e. The van der Waals surface area contributed by atoms with E-state index in [1.54, 1.807) is 12.1 Å². The molecule has 0 saturated heterocycles. The number of aryl methyl sites for hydroxylation is 1. The molecule has 2 nitrogen and oxygen atoms in total. The SMILES string of the molecule is CCNC(C)(c1cc(C)ccc1OC)C(F)F. The van der Waals surface area contributed by atoms with Gasteiger partial charge in [-0.25, -0.2) is 8.78 Å². The lowest BCUT2D eigenvalue weighted by molar-refractivity contribution is 0.0379. The highest BCUT2D eigenvalue weighted by Crippen LogP contribution is 2.35. The highest BCUT2D eigenvalue weighted by atomic mass is 19.3. The Morgan fingerprint density at radius 2 is 2.06 bits per heavy atom. The molecule has 0 heterocycles. The zero-order chi connectivity index (χ0) is 13.1. The second kappa shape index (κ2) is 5.45. The fraction of sp³-hybridized carbons (Fsp3) is 0.538. The Labute approximate surface area is 101 Å². The van der Waals surface area contributed by atoms with Gasteiger partial charge in [0.2, 0.25) is 0 Å². The average Bonchev–Trinajstić information content (AvgIpc) is 2.29. The minimum Gasteiger partial charge on any atom is -0.496 e. The van der Waals surface area contributed by atoms with Crippen molar-refractivity contribution < 1.29 is 13.5 Å². The molecule has 4 heteroatoms. The molecular weight excluding hydrogens is 224 g/mol. The molecule has 1 unspecified atom stereocenters. The van der Waals surface area contributed by atoms with E-state index in [4.69, 9.17) is 4.74 Å². The van der Waals surface area contributed by atoms with Crippen LogP contribution in [0.1, 0.15) is 25.0 Å². The lowest BCUT2D eigenvalue weighted by Gasteiger charge is -2.31. The topological polar surface area (TPSA) is 21.3 Å². The van der Waals surface area contributed by atoms with Crippen LogP contribution in [0.2, 0.25) is 0 Å². The van der Waals surface area contributed by atoms with Gasteiger partial charge in [-0.1, -0.05) is 24.6 Å². The minimum absolute atomic E-state index is 0.470. The van der Waals surface area contributed by atoms with Gasteiger partial charge in [0, 0.05) is 5.56 Å². The Morgan fingerprint density at radius 1 is 1.41 bits per heavy atom. The van der Waals surface area contributed by atoms with Crippen molar-refractivity contribution in [3.8, 4) is 5.75 Å². The van der Waals surface area contributed by atoms with Crippen LogP contribution in [0.4, 0.5) is 8.78 Å². The number of halogens is 2. The molecule has 1 rings (SSSR count). The zero-order valence-corrected chi connectivity index (χ0v) is 10.7. The largest absolute Gasteiger partial charge is 0.496 e. The van der Waals surface area contributed by atoms with Gasteiger partial charge in [0.15, 0.2) is 0 Å². The van der Waals surface area contributed by atoms with Gasteiger partial charge in [-0.2, -0.15) is 0 Å². The summed E-state index contributed by atoms with van der Waals surface area (Å²) in [6.07, 6.45) is -2.50. The number of hydrogen-bond acceptors (Lipinski definition) is 2. The summed E-state index contributed by atoms with van der Waals surface area (Å²) in [6, 6.07) is 5.32. The number of alkyl halides is 2. The summed E-state index contributed by atoms with van der Waals surface area (Å²) in [5.74, 6) is 0.486. The Morgan fingerprint density at radius 3 is 2.53 bits per heavy atom. The van der Waals surface area contributed by atoms with Crippen molar-refractivity contribution in [3.63, 3.8) is 0 Å². The van der Waals surface area contributed by atoms with E-state index in [1.807, 2.05) is 19.9 Å². The molecule has 0 aliphatic rings. The molecule has 17 heavy (non-hydrogen) atoms. The van der Waals surface area contributed by atoms with Gasteiger partial charge in [0.1, 0.15) is 11.3 Å². The Kier molecular flexibility index (Phi) is 4.46. The van der Waals surface area contributed by atoms with Crippen molar-refractivity contribution in [3.05, 3.63) is 29.3 Å². The van der Waals surface area contributed by atoms with Gasteiger partial charge in [-0.3, -0.25) is 0 Å². The first-order chi connectivity index (χ1) is 7.95. The fourth-order valence-corrected chi connectivity index (χ4v) is 1.88. The van der Waals surface area contributed by atoms with Crippen LogP contribution in [0, 0.1) is 6.92 Å². The summed E-state index contributed by atoms with van der Waals surface area (Å²) in [5, 5.41) is 2.85. The monoisotopic (exact) mass is 243 g/mol. The highest BCUT2D eigenvalue weighted by molar-refractivity contribution is 5.42. The van der Waals surface area contributed by atoms with Crippen LogP contribution in [-0.2, 0) is 5.54 Å². The fourth-order valence-electron chi connectivity index (χ4n) is 1.88. The third-order valence-electron chi connectivity index (χ3n) is 2.89. The van der Waals surface area contributed by atoms with E-state index in [9.17, 15) is 8.78 Å². The van der Waals surface area contributed by atoms with Crippen LogP contribution in [0.25, 0.3) is 0 Å². The van der Waals surface area contributed by atoms with E-state index >= 15 is 0 Å². The highest BCUT2D eigenvalue weighted by Gasteiger charge is 2.38. The van der Waals surface area contributed by atoms with E-state index < -0.39 is 12.0 Å². The number of nitrogens with one attached hydrogen (secondary N) is 1. The predicted molar refractivity (Wildman–Crippen MR) is 64.8 cm³/mol. The maximum atomic E-state index is 13.3. The van der Waals surface area contributed by atoms with E-state index in [2.05, 4.69) is 5.32 Å². The van der Waals surface area contributed by atoms with Crippen LogP contribution in [0.3, 0.4) is 0 Å². The number of methoxy groups -OCH3 is 1. The van der Waals surface area contributed by atoms with Gasteiger partial charge in [-0.05, 0) is 26.5 Å². The second-order valence-corrected chi connectivity index (χ2v) is 4.24. The molecule has 1 N–H and O–H groups in total. The molecule has 0 aromatic heterocycles. The summed E-state index contributed by atoms with van der Waals surface area (Å²) in [4.78, 5) is 0. The summed E-state index contributed by atoms with van der Waals surface area (Å²) < 4.78 is 31.7. The van der Waals surface area contributed by atoms with E-state index in [-0.39, 0.29) is 0 Å². The molecule has 0 fully saturated rings. The van der Waals surface area contributed by atoms with E-state index in [0.717, 1.165) is 5.56 Å². The predicted octanol–water partition coefficient (Wildman–Crippen LogP) is 3.09. The van der Waals surface area contributed by atoms with Crippen LogP contribution in [0.15, 0.2) is 18.2 Å². The molecule has 0 amide bonds. The molecular formula is C13H19F2NO. The second-order valence-electron chi connectivity index (χ2n) is 4.24. The van der Waals surface area contributed by atoms with Crippen molar-refractivity contribution in [2.24, 2.45) is 0 Å². The molecule has 0 radical (unpaired) electrons. The number of benzene rings is 1. The number of rotatable bonds is 5. The van der Waals surface area contributed by atoms with Crippen LogP contribution in [0.5, 0.6) is 5.75 Å². The molecule has 1 atom stereocenters. The van der Waals surface area contributed by atoms with Crippen LogP contribution in [-0.4, -0.2) is 20.1 Å². The van der Waals surface area contributed by atoms with Crippen molar-refractivity contribution in [2.45, 2.75) is 32.7 Å². The first-order valence-electron chi connectivity index (χ1n) is 5.64. The van der Waals surface area contributed by atoms with E-state index in [0.29, 0.717) is 17.9 Å². The Bertz CT molecular complexity index is 382. The van der Waals surface area contributed by atoms with Gasteiger partial charge in [-0.15, -0.1) is 0 Å². The summed E-state index contributed by atoms with van der Waals surface area (Å²) >= 11 is 0. The summed E-state index contributed by atoms with van der Waals surface area (Å²) in [6.45, 7) is 5.65. The quantitative estimate of drug-likeness (QED) is 0.858. The van der Waals surface area contributed by atoms with Crippen molar-refractivity contribution in [1.29, 1.82) is 0 Å². The van der Waals surface area contributed by atoms with Gasteiger partial charge in [0.05, 0.1) is 7.11 Å². The van der Waals surface area contributed by atoms with Gasteiger partial charge < -0.3 is 10.1 Å². The molecule has 0 spiro atoms. The average molecular weight is 243 g/mol. The molecule has 0 aliphatic carbocycles. The first-order valence-corrected chi connectivity index (χ1v) is 5.64. The van der Waals surface area contributed by atoms with Crippen LogP contribution >= 0.6 is 0 Å². The zero-order valence-electron chi connectivity index (χ0n) is 10.7. The Balaban J connectivity index is 3.31. The van der Waals surface area contributed by atoms with Gasteiger partial charge in [0.25, 0.3) is 6.43 Å². The van der Waals surface area contributed by atoms with E-state index in [1.165, 1.54) is 14.0 Å². The lowest BCUT2D eigenvalue weighted by Crippen LogP contribution is -2.46. The minimum atomic E-state index is -2.50. The molecule has 1 aromatic rings. The van der Waals surface area contributed by atoms with Crippen LogP contribution < -0.4 is 10.1 Å². The first kappa shape index (κ1) is 13.9. The third-order valence-corrected chi connectivity index (χ3v) is 2.89. The van der Waals surface area contributed by atoms with Crippen molar-refractivity contribution in [1.82, 2.24) is 5.32 Å². The van der Waals surface area contributed by atoms with Crippen molar-refractivity contribution in [2.75, 3.05) is 13.7 Å².